The molecule has 4 nitrogen and oxygen atoms in total. The Balaban J connectivity index is 2.34. The average molecular weight is 278 g/mol. The summed E-state index contributed by atoms with van der Waals surface area (Å²) in [6, 6.07) is 4.40. The molecule has 2 rings (SSSR count). The summed E-state index contributed by atoms with van der Waals surface area (Å²) in [6.45, 7) is 7.18. The van der Waals surface area contributed by atoms with Crippen LogP contribution in [0.2, 0.25) is 0 Å². The summed E-state index contributed by atoms with van der Waals surface area (Å²) in [5, 5.41) is 0. The second-order valence-corrected chi connectivity index (χ2v) is 5.59. The quantitative estimate of drug-likeness (QED) is 0.642. The number of benzene rings is 1. The van der Waals surface area contributed by atoms with Gasteiger partial charge in [0, 0.05) is 12.5 Å². The van der Waals surface area contributed by atoms with Crippen LogP contribution in [0.25, 0.3) is 0 Å². The van der Waals surface area contributed by atoms with Gasteiger partial charge in [-0.25, -0.2) is 0 Å². The van der Waals surface area contributed by atoms with Crippen LogP contribution < -0.4 is 16.0 Å². The van der Waals surface area contributed by atoms with Crippen molar-refractivity contribution in [1.29, 1.82) is 0 Å². The lowest BCUT2D eigenvalue weighted by Crippen LogP contribution is -2.37. The van der Waals surface area contributed by atoms with Crippen molar-refractivity contribution in [3.05, 3.63) is 28.8 Å². The lowest BCUT2D eigenvalue weighted by molar-refractivity contribution is 0.0773. The second kappa shape index (κ2) is 6.57. The Morgan fingerprint density at radius 1 is 1.40 bits per heavy atom. The molecule has 1 aliphatic heterocycles. The number of nitrogens with one attached hydrogen (secondary N) is 1. The summed E-state index contributed by atoms with van der Waals surface area (Å²) in [7, 11) is 1.71. The van der Waals surface area contributed by atoms with Crippen molar-refractivity contribution in [2.75, 3.05) is 13.7 Å². The number of aryl methyl sites for hydroxylation is 2. The Morgan fingerprint density at radius 2 is 2.15 bits per heavy atom. The Bertz CT molecular complexity index is 462. The molecule has 3 atom stereocenters. The molecule has 0 aromatic heterocycles. The number of nitrogens with two attached hydrogens (primary N) is 1. The molecule has 3 N–H and O–H groups in total. The SMILES string of the molecule is CCC1OCCC1C(NN)c1cc(C)c(OC)cc1C. The molecule has 3 unspecified atom stereocenters. The standard InChI is InChI=1S/C16H26N2O2/c1-5-14-12(6-7-20-14)16(18-17)13-8-11(3)15(19-4)9-10(13)2/h8-9,12,14,16,18H,5-7,17H2,1-4H3. The molecule has 1 fully saturated rings. The molecule has 0 amide bonds. The molecule has 1 aromatic carbocycles. The molecule has 4 heteroatoms. The first kappa shape index (κ1) is 15.3. The van der Waals surface area contributed by atoms with E-state index in [0.29, 0.717) is 5.92 Å². The van der Waals surface area contributed by atoms with E-state index in [1.807, 2.05) is 0 Å². The third kappa shape index (κ3) is 2.82. The van der Waals surface area contributed by atoms with E-state index in [1.165, 1.54) is 11.1 Å². The van der Waals surface area contributed by atoms with Gasteiger partial charge in [0.2, 0.25) is 0 Å². The highest BCUT2D eigenvalue weighted by molar-refractivity contribution is 5.43. The van der Waals surface area contributed by atoms with E-state index in [4.69, 9.17) is 15.3 Å². The van der Waals surface area contributed by atoms with Crippen LogP contribution in [-0.2, 0) is 4.74 Å². The van der Waals surface area contributed by atoms with Gasteiger partial charge in [0.15, 0.2) is 0 Å². The smallest absolute Gasteiger partial charge is 0.122 e. The van der Waals surface area contributed by atoms with E-state index in [2.05, 4.69) is 38.3 Å². The van der Waals surface area contributed by atoms with E-state index in [0.717, 1.165) is 30.8 Å². The Hall–Kier alpha value is -1.10. The van der Waals surface area contributed by atoms with Crippen LogP contribution in [0.1, 0.15) is 42.5 Å². The summed E-state index contributed by atoms with van der Waals surface area (Å²) in [6.07, 6.45) is 2.37. The van der Waals surface area contributed by atoms with Crippen LogP contribution in [0, 0.1) is 19.8 Å². The van der Waals surface area contributed by atoms with E-state index in [-0.39, 0.29) is 12.1 Å². The van der Waals surface area contributed by atoms with Crippen LogP contribution in [0.4, 0.5) is 0 Å². The average Bonchev–Trinajstić information content (AvgIpc) is 2.91. The zero-order valence-electron chi connectivity index (χ0n) is 12.9. The normalized spacial score (nSPS) is 23.9. The van der Waals surface area contributed by atoms with Gasteiger partial charge in [-0.3, -0.25) is 11.3 Å². The van der Waals surface area contributed by atoms with E-state index in [9.17, 15) is 0 Å². The van der Waals surface area contributed by atoms with Gasteiger partial charge in [-0.05, 0) is 49.4 Å². The van der Waals surface area contributed by atoms with Crippen molar-refractivity contribution in [2.45, 2.75) is 45.8 Å². The molecule has 20 heavy (non-hydrogen) atoms. The van der Waals surface area contributed by atoms with Gasteiger partial charge in [0.05, 0.1) is 19.3 Å². The molecular weight excluding hydrogens is 252 g/mol. The van der Waals surface area contributed by atoms with Gasteiger partial charge in [-0.15, -0.1) is 0 Å². The van der Waals surface area contributed by atoms with Gasteiger partial charge in [-0.1, -0.05) is 13.0 Å². The summed E-state index contributed by atoms with van der Waals surface area (Å²) in [5.41, 5.74) is 6.60. The van der Waals surface area contributed by atoms with Gasteiger partial charge >= 0.3 is 0 Å². The number of ether oxygens (including phenoxy) is 2. The fraction of sp³-hybridized carbons (Fsp3) is 0.625. The Morgan fingerprint density at radius 3 is 2.75 bits per heavy atom. The Kier molecular flexibility index (Phi) is 5.02. The number of methoxy groups -OCH3 is 1. The first-order valence-electron chi connectivity index (χ1n) is 7.35. The summed E-state index contributed by atoms with van der Waals surface area (Å²) >= 11 is 0. The van der Waals surface area contributed by atoms with Crippen molar-refractivity contribution < 1.29 is 9.47 Å². The second-order valence-electron chi connectivity index (χ2n) is 5.59. The highest BCUT2D eigenvalue weighted by Gasteiger charge is 2.34. The van der Waals surface area contributed by atoms with Crippen LogP contribution >= 0.6 is 0 Å². The van der Waals surface area contributed by atoms with Gasteiger partial charge in [-0.2, -0.15) is 0 Å². The van der Waals surface area contributed by atoms with Crippen molar-refractivity contribution >= 4 is 0 Å². The fourth-order valence-electron chi connectivity index (χ4n) is 3.28. The molecule has 1 aromatic rings. The molecular formula is C16H26N2O2. The minimum Gasteiger partial charge on any atom is -0.496 e. The van der Waals surface area contributed by atoms with Crippen LogP contribution in [-0.4, -0.2) is 19.8 Å². The topological polar surface area (TPSA) is 56.5 Å². The predicted molar refractivity (Wildman–Crippen MR) is 80.7 cm³/mol. The number of hydrazine groups is 1. The maximum absolute atomic E-state index is 5.85. The Labute approximate surface area is 121 Å². The highest BCUT2D eigenvalue weighted by Crippen LogP contribution is 2.37. The maximum Gasteiger partial charge on any atom is 0.122 e. The minimum absolute atomic E-state index is 0.132. The lowest BCUT2D eigenvalue weighted by Gasteiger charge is -2.28. The van der Waals surface area contributed by atoms with Gasteiger partial charge in [0.25, 0.3) is 0 Å². The minimum atomic E-state index is 0.132. The highest BCUT2D eigenvalue weighted by atomic mass is 16.5. The van der Waals surface area contributed by atoms with Crippen molar-refractivity contribution in [2.24, 2.45) is 11.8 Å². The first-order valence-corrected chi connectivity index (χ1v) is 7.35. The largest absolute Gasteiger partial charge is 0.496 e. The van der Waals surface area contributed by atoms with Gasteiger partial charge < -0.3 is 9.47 Å². The third-order valence-corrected chi connectivity index (χ3v) is 4.39. The van der Waals surface area contributed by atoms with Crippen LogP contribution in [0.5, 0.6) is 5.75 Å². The van der Waals surface area contributed by atoms with Crippen molar-refractivity contribution in [3.63, 3.8) is 0 Å². The van der Waals surface area contributed by atoms with E-state index >= 15 is 0 Å². The van der Waals surface area contributed by atoms with Crippen LogP contribution in [0.15, 0.2) is 12.1 Å². The molecule has 1 aliphatic rings. The molecule has 1 saturated heterocycles. The summed E-state index contributed by atoms with van der Waals surface area (Å²) < 4.78 is 11.2. The van der Waals surface area contributed by atoms with Crippen molar-refractivity contribution in [1.82, 2.24) is 5.43 Å². The molecule has 0 radical (unpaired) electrons. The number of hydrogen-bond donors (Lipinski definition) is 2. The van der Waals surface area contributed by atoms with Crippen molar-refractivity contribution in [3.8, 4) is 5.75 Å². The molecule has 0 bridgehead atoms. The molecule has 0 saturated carbocycles. The van der Waals surface area contributed by atoms with Gasteiger partial charge in [0.1, 0.15) is 5.75 Å². The van der Waals surface area contributed by atoms with Crippen LogP contribution in [0.3, 0.4) is 0 Å². The monoisotopic (exact) mass is 278 g/mol. The molecule has 1 heterocycles. The van der Waals surface area contributed by atoms with E-state index in [1.54, 1.807) is 7.11 Å². The third-order valence-electron chi connectivity index (χ3n) is 4.39. The molecule has 0 aliphatic carbocycles. The number of hydrogen-bond acceptors (Lipinski definition) is 4. The maximum atomic E-state index is 5.85. The zero-order valence-corrected chi connectivity index (χ0v) is 12.9. The fourth-order valence-corrected chi connectivity index (χ4v) is 3.28. The summed E-state index contributed by atoms with van der Waals surface area (Å²) in [5.74, 6) is 7.21. The zero-order chi connectivity index (χ0) is 14.7. The molecule has 112 valence electrons. The number of rotatable bonds is 5. The molecule has 0 spiro atoms. The predicted octanol–water partition coefficient (Wildman–Crippen LogP) is 2.63. The lowest BCUT2D eigenvalue weighted by atomic mass is 9.84. The first-order chi connectivity index (χ1) is 9.62. The summed E-state index contributed by atoms with van der Waals surface area (Å²) in [4.78, 5) is 0. The van der Waals surface area contributed by atoms with E-state index < -0.39 is 0 Å².